The van der Waals surface area contributed by atoms with E-state index in [1.807, 2.05) is 0 Å². The zero-order valence-corrected chi connectivity index (χ0v) is 11.8. The van der Waals surface area contributed by atoms with E-state index in [1.54, 1.807) is 26.0 Å². The van der Waals surface area contributed by atoms with E-state index in [1.165, 1.54) is 12.3 Å². The number of para-hydroxylation sites is 1. The highest BCUT2D eigenvalue weighted by Crippen LogP contribution is 2.34. The third-order valence-electron chi connectivity index (χ3n) is 2.65. The van der Waals surface area contributed by atoms with E-state index < -0.39 is 11.9 Å². The minimum Gasteiger partial charge on any atom is -0.404 e. The number of alkyl halides is 3. The summed E-state index contributed by atoms with van der Waals surface area (Å²) in [6, 6.07) is 4.84. The van der Waals surface area contributed by atoms with Crippen molar-refractivity contribution >= 4 is 23.3 Å². The first kappa shape index (κ1) is 16.7. The molecular formula is C15H16F3N3. The normalized spacial score (nSPS) is 13.8. The number of nitrogens with two attached hydrogens (primary N) is 1. The van der Waals surface area contributed by atoms with Crippen molar-refractivity contribution in [2.45, 2.75) is 20.0 Å². The third kappa shape index (κ3) is 4.05. The SMILES string of the molecule is C=CC(=CN)C(=Nc1cccc(C)c1N=CC)C(F)(F)F. The van der Waals surface area contributed by atoms with Crippen LogP contribution in [-0.4, -0.2) is 18.1 Å². The van der Waals surface area contributed by atoms with E-state index in [9.17, 15) is 13.2 Å². The average molecular weight is 295 g/mol. The molecule has 2 N–H and O–H groups in total. The number of nitrogens with zero attached hydrogens (tertiary/aromatic N) is 2. The molecule has 1 aromatic carbocycles. The zero-order chi connectivity index (χ0) is 16.0. The molecule has 1 aromatic rings. The largest absolute Gasteiger partial charge is 0.434 e. The molecule has 0 saturated carbocycles. The maximum absolute atomic E-state index is 13.1. The number of benzene rings is 1. The fourth-order valence-corrected chi connectivity index (χ4v) is 1.69. The van der Waals surface area contributed by atoms with Crippen molar-refractivity contribution < 1.29 is 13.2 Å². The molecule has 0 spiro atoms. The molecule has 1 rings (SSSR count). The minimum atomic E-state index is -4.64. The standard InChI is InChI=1S/C15H16F3N3/c1-4-11(9-19)14(15(16,17)18)21-12-8-6-7-10(3)13(12)20-5-2/h4-9H,1,19H2,2-3H3. The summed E-state index contributed by atoms with van der Waals surface area (Å²) in [5.41, 5.74) is 5.08. The summed E-state index contributed by atoms with van der Waals surface area (Å²) in [6.07, 6.45) is -1.29. The lowest BCUT2D eigenvalue weighted by Crippen LogP contribution is -2.24. The van der Waals surface area contributed by atoms with Gasteiger partial charge in [-0.25, -0.2) is 4.99 Å². The second kappa shape index (κ2) is 6.88. The first-order valence-electron chi connectivity index (χ1n) is 6.14. The van der Waals surface area contributed by atoms with E-state index in [2.05, 4.69) is 16.6 Å². The van der Waals surface area contributed by atoms with Gasteiger partial charge in [0.1, 0.15) is 0 Å². The topological polar surface area (TPSA) is 50.7 Å². The number of hydrogen-bond acceptors (Lipinski definition) is 3. The van der Waals surface area contributed by atoms with Crippen LogP contribution in [0.2, 0.25) is 0 Å². The first-order valence-corrected chi connectivity index (χ1v) is 6.14. The lowest BCUT2D eigenvalue weighted by Gasteiger charge is -2.12. The van der Waals surface area contributed by atoms with Crippen molar-refractivity contribution in [2.75, 3.05) is 0 Å². The average Bonchev–Trinajstić information content (AvgIpc) is 2.41. The summed E-state index contributed by atoms with van der Waals surface area (Å²) in [7, 11) is 0. The molecule has 0 unspecified atom stereocenters. The number of rotatable bonds is 4. The van der Waals surface area contributed by atoms with E-state index in [4.69, 9.17) is 5.73 Å². The summed E-state index contributed by atoms with van der Waals surface area (Å²) in [5, 5.41) is 0. The zero-order valence-electron chi connectivity index (χ0n) is 11.8. The summed E-state index contributed by atoms with van der Waals surface area (Å²) in [5.74, 6) is 0. The molecule has 21 heavy (non-hydrogen) atoms. The third-order valence-corrected chi connectivity index (χ3v) is 2.65. The molecular weight excluding hydrogens is 279 g/mol. The predicted octanol–water partition coefficient (Wildman–Crippen LogP) is 4.38. The molecule has 0 radical (unpaired) electrons. The van der Waals surface area contributed by atoms with Gasteiger partial charge in [0.25, 0.3) is 0 Å². The smallest absolute Gasteiger partial charge is 0.404 e. The van der Waals surface area contributed by atoms with Gasteiger partial charge in [-0.1, -0.05) is 24.8 Å². The Labute approximate surface area is 121 Å². The quantitative estimate of drug-likeness (QED) is 0.650. The maximum atomic E-state index is 13.1. The van der Waals surface area contributed by atoms with Gasteiger partial charge in [0, 0.05) is 18.0 Å². The van der Waals surface area contributed by atoms with Crippen molar-refractivity contribution in [3.05, 3.63) is 48.2 Å². The Morgan fingerprint density at radius 2 is 2.00 bits per heavy atom. The van der Waals surface area contributed by atoms with Crippen LogP contribution in [0.4, 0.5) is 24.5 Å². The molecule has 0 aliphatic heterocycles. The lowest BCUT2D eigenvalue weighted by molar-refractivity contribution is -0.0580. The van der Waals surface area contributed by atoms with Crippen LogP contribution in [0.5, 0.6) is 0 Å². The second-order valence-corrected chi connectivity index (χ2v) is 4.11. The number of hydrogen-bond donors (Lipinski definition) is 1. The molecule has 0 heterocycles. The molecule has 112 valence electrons. The van der Waals surface area contributed by atoms with Crippen LogP contribution in [0.3, 0.4) is 0 Å². The molecule has 6 heteroatoms. The van der Waals surface area contributed by atoms with Gasteiger partial charge >= 0.3 is 6.18 Å². The molecule has 0 aliphatic carbocycles. The molecule has 3 nitrogen and oxygen atoms in total. The molecule has 0 saturated heterocycles. The Hall–Kier alpha value is -2.37. The van der Waals surface area contributed by atoms with Crippen LogP contribution in [0.1, 0.15) is 12.5 Å². The first-order chi connectivity index (χ1) is 9.85. The minimum absolute atomic E-state index is 0.127. The van der Waals surface area contributed by atoms with Gasteiger partial charge in [-0.05, 0) is 25.5 Å². The van der Waals surface area contributed by atoms with Crippen LogP contribution in [-0.2, 0) is 0 Å². The van der Waals surface area contributed by atoms with Crippen molar-refractivity contribution in [1.29, 1.82) is 0 Å². The van der Waals surface area contributed by atoms with Gasteiger partial charge in [0.15, 0.2) is 5.71 Å². The van der Waals surface area contributed by atoms with Crippen molar-refractivity contribution in [2.24, 2.45) is 15.7 Å². The molecule has 0 amide bonds. The Balaban J connectivity index is 3.57. The number of allylic oxidation sites excluding steroid dienone is 2. The maximum Gasteiger partial charge on any atom is 0.434 e. The fraction of sp³-hybridized carbons (Fsp3) is 0.200. The van der Waals surface area contributed by atoms with E-state index in [-0.39, 0.29) is 11.3 Å². The van der Waals surface area contributed by atoms with Gasteiger partial charge in [0.05, 0.1) is 11.4 Å². The summed E-state index contributed by atoms with van der Waals surface area (Å²) < 4.78 is 39.4. The summed E-state index contributed by atoms with van der Waals surface area (Å²) in [6.45, 7) is 6.76. The highest BCUT2D eigenvalue weighted by molar-refractivity contribution is 6.08. The number of halogens is 3. The van der Waals surface area contributed by atoms with Crippen LogP contribution in [0, 0.1) is 6.92 Å². The van der Waals surface area contributed by atoms with Gasteiger partial charge in [-0.2, -0.15) is 13.2 Å². The van der Waals surface area contributed by atoms with Gasteiger partial charge in [-0.3, -0.25) is 4.99 Å². The highest BCUT2D eigenvalue weighted by atomic mass is 19.4. The molecule has 0 bridgehead atoms. The van der Waals surface area contributed by atoms with Crippen LogP contribution in [0.25, 0.3) is 0 Å². The van der Waals surface area contributed by atoms with Crippen LogP contribution >= 0.6 is 0 Å². The van der Waals surface area contributed by atoms with Crippen LogP contribution in [0.15, 0.2) is 52.6 Å². The molecule has 0 aliphatic rings. The van der Waals surface area contributed by atoms with Gasteiger partial charge in [-0.15, -0.1) is 0 Å². The molecule has 0 aromatic heterocycles. The highest BCUT2D eigenvalue weighted by Gasteiger charge is 2.37. The van der Waals surface area contributed by atoms with E-state index in [0.29, 0.717) is 5.69 Å². The van der Waals surface area contributed by atoms with Crippen molar-refractivity contribution in [1.82, 2.24) is 0 Å². The van der Waals surface area contributed by atoms with Crippen molar-refractivity contribution in [3.63, 3.8) is 0 Å². The van der Waals surface area contributed by atoms with Crippen molar-refractivity contribution in [3.8, 4) is 0 Å². The number of aryl methyl sites for hydroxylation is 1. The summed E-state index contributed by atoms with van der Waals surface area (Å²) >= 11 is 0. The Morgan fingerprint density at radius 3 is 2.48 bits per heavy atom. The van der Waals surface area contributed by atoms with Crippen LogP contribution < -0.4 is 5.73 Å². The predicted molar refractivity (Wildman–Crippen MR) is 80.6 cm³/mol. The number of aliphatic imine (C=N–C) groups is 2. The van der Waals surface area contributed by atoms with E-state index in [0.717, 1.165) is 17.8 Å². The van der Waals surface area contributed by atoms with E-state index >= 15 is 0 Å². The summed E-state index contributed by atoms with van der Waals surface area (Å²) in [4.78, 5) is 7.79. The molecule has 0 fully saturated rings. The molecule has 0 atom stereocenters. The Bertz CT molecular complexity index is 611. The Kier molecular flexibility index (Phi) is 5.46. The van der Waals surface area contributed by atoms with Gasteiger partial charge < -0.3 is 5.73 Å². The fourth-order valence-electron chi connectivity index (χ4n) is 1.69. The monoisotopic (exact) mass is 295 g/mol. The van der Waals surface area contributed by atoms with Gasteiger partial charge in [0.2, 0.25) is 0 Å². The second-order valence-electron chi connectivity index (χ2n) is 4.11. The Morgan fingerprint density at radius 1 is 1.33 bits per heavy atom. The lowest BCUT2D eigenvalue weighted by atomic mass is 10.1.